The summed E-state index contributed by atoms with van der Waals surface area (Å²) in [6.45, 7) is 3.95. The fraction of sp³-hybridized carbons (Fsp3) is 0.316. The van der Waals surface area contributed by atoms with Gasteiger partial charge in [0, 0.05) is 17.7 Å². The molecule has 0 bridgehead atoms. The first-order valence-electron chi connectivity index (χ1n) is 8.27. The SMILES string of the molecule is CC1(C)C[C@H](NC(=S)Nc2ccc(Cl)c(C(F)(F)F)c2)c2ccccc2O1. The molecule has 0 unspecified atom stereocenters. The Morgan fingerprint density at radius 3 is 2.63 bits per heavy atom. The predicted octanol–water partition coefficient (Wildman–Crippen LogP) is 5.95. The average Bonchev–Trinajstić information content (AvgIpc) is 2.54. The minimum Gasteiger partial charge on any atom is -0.487 e. The number of benzene rings is 2. The molecule has 1 aliphatic heterocycles. The molecule has 0 fully saturated rings. The average molecular weight is 415 g/mol. The standard InChI is InChI=1S/C19H18ClF3N2OS/c1-18(2)10-15(12-5-3-4-6-16(12)26-18)25-17(27)24-11-7-8-14(20)13(9-11)19(21,22)23/h3-9,15H,10H2,1-2H3,(H2,24,25,27)/t15-/m0/s1. The van der Waals surface area contributed by atoms with Crippen LogP contribution in [-0.4, -0.2) is 10.7 Å². The van der Waals surface area contributed by atoms with Gasteiger partial charge in [0.2, 0.25) is 0 Å². The van der Waals surface area contributed by atoms with Crippen LogP contribution in [0.25, 0.3) is 0 Å². The molecule has 3 nitrogen and oxygen atoms in total. The smallest absolute Gasteiger partial charge is 0.417 e. The van der Waals surface area contributed by atoms with Crippen molar-refractivity contribution in [3.05, 3.63) is 58.6 Å². The van der Waals surface area contributed by atoms with E-state index in [2.05, 4.69) is 10.6 Å². The third kappa shape index (κ3) is 4.65. The molecule has 0 radical (unpaired) electrons. The van der Waals surface area contributed by atoms with Crippen molar-refractivity contribution < 1.29 is 17.9 Å². The summed E-state index contributed by atoms with van der Waals surface area (Å²) in [6.07, 6.45) is -3.88. The zero-order valence-electron chi connectivity index (χ0n) is 14.7. The monoisotopic (exact) mass is 414 g/mol. The Kier molecular flexibility index (Phi) is 5.27. The predicted molar refractivity (Wildman–Crippen MR) is 104 cm³/mol. The number of hydrogen-bond acceptors (Lipinski definition) is 2. The number of para-hydroxylation sites is 1. The second kappa shape index (κ2) is 7.20. The van der Waals surface area contributed by atoms with Crippen LogP contribution in [0.4, 0.5) is 18.9 Å². The molecule has 27 heavy (non-hydrogen) atoms. The first-order chi connectivity index (χ1) is 12.5. The number of fused-ring (bicyclic) bond motifs is 1. The molecule has 0 amide bonds. The Morgan fingerprint density at radius 2 is 1.93 bits per heavy atom. The van der Waals surface area contributed by atoms with E-state index in [0.29, 0.717) is 6.42 Å². The van der Waals surface area contributed by atoms with Crippen LogP contribution in [0.15, 0.2) is 42.5 Å². The van der Waals surface area contributed by atoms with Crippen LogP contribution in [0.1, 0.15) is 37.4 Å². The van der Waals surface area contributed by atoms with Crippen molar-refractivity contribution in [2.75, 3.05) is 5.32 Å². The second-order valence-corrected chi connectivity index (χ2v) is 7.76. The highest BCUT2D eigenvalue weighted by molar-refractivity contribution is 7.80. The molecule has 0 aliphatic carbocycles. The fourth-order valence-electron chi connectivity index (χ4n) is 3.08. The van der Waals surface area contributed by atoms with Gasteiger partial charge in [-0.15, -0.1) is 0 Å². The second-order valence-electron chi connectivity index (χ2n) is 6.95. The minimum absolute atomic E-state index is 0.126. The number of thiocarbonyl (C=S) groups is 1. The van der Waals surface area contributed by atoms with E-state index in [1.54, 1.807) is 0 Å². The normalized spacial score (nSPS) is 18.2. The molecule has 1 heterocycles. The van der Waals surface area contributed by atoms with Gasteiger partial charge in [0.05, 0.1) is 16.6 Å². The lowest BCUT2D eigenvalue weighted by Crippen LogP contribution is -2.42. The van der Waals surface area contributed by atoms with Crippen molar-refractivity contribution >= 4 is 34.6 Å². The van der Waals surface area contributed by atoms with Crippen LogP contribution in [0.3, 0.4) is 0 Å². The Balaban J connectivity index is 1.77. The third-order valence-corrected chi connectivity index (χ3v) is 4.76. The van der Waals surface area contributed by atoms with E-state index in [4.69, 9.17) is 28.6 Å². The summed E-state index contributed by atoms with van der Waals surface area (Å²) in [6, 6.07) is 11.1. The van der Waals surface area contributed by atoms with Crippen LogP contribution in [0.2, 0.25) is 5.02 Å². The van der Waals surface area contributed by atoms with Gasteiger partial charge in [-0.2, -0.15) is 13.2 Å². The fourth-order valence-corrected chi connectivity index (χ4v) is 3.56. The van der Waals surface area contributed by atoms with Gasteiger partial charge in [-0.1, -0.05) is 29.8 Å². The summed E-state index contributed by atoms with van der Waals surface area (Å²) >= 11 is 11.0. The number of halogens is 4. The van der Waals surface area contributed by atoms with Gasteiger partial charge >= 0.3 is 6.18 Å². The van der Waals surface area contributed by atoms with Gasteiger partial charge < -0.3 is 15.4 Å². The van der Waals surface area contributed by atoms with E-state index in [1.165, 1.54) is 12.1 Å². The number of rotatable bonds is 2. The van der Waals surface area contributed by atoms with E-state index >= 15 is 0 Å². The van der Waals surface area contributed by atoms with E-state index in [9.17, 15) is 13.2 Å². The highest BCUT2D eigenvalue weighted by Crippen LogP contribution is 2.39. The van der Waals surface area contributed by atoms with Crippen molar-refractivity contribution in [2.24, 2.45) is 0 Å². The Labute approximate surface area is 165 Å². The molecule has 3 rings (SSSR count). The van der Waals surface area contributed by atoms with Gasteiger partial charge in [0.25, 0.3) is 0 Å². The lowest BCUT2D eigenvalue weighted by molar-refractivity contribution is -0.137. The maximum absolute atomic E-state index is 13.0. The van der Waals surface area contributed by atoms with Crippen molar-refractivity contribution in [2.45, 2.75) is 38.1 Å². The van der Waals surface area contributed by atoms with Gasteiger partial charge in [-0.25, -0.2) is 0 Å². The number of ether oxygens (including phenoxy) is 1. The van der Waals surface area contributed by atoms with Crippen molar-refractivity contribution in [1.29, 1.82) is 0 Å². The van der Waals surface area contributed by atoms with Crippen molar-refractivity contribution in [1.82, 2.24) is 5.32 Å². The molecule has 8 heteroatoms. The zero-order valence-corrected chi connectivity index (χ0v) is 16.2. The highest BCUT2D eigenvalue weighted by atomic mass is 35.5. The number of hydrogen-bond donors (Lipinski definition) is 2. The van der Waals surface area contributed by atoms with Gasteiger partial charge in [-0.05, 0) is 50.3 Å². The van der Waals surface area contributed by atoms with Crippen LogP contribution in [0.5, 0.6) is 5.75 Å². The zero-order chi connectivity index (χ0) is 19.8. The summed E-state index contributed by atoms with van der Waals surface area (Å²) in [5.41, 5.74) is -0.142. The van der Waals surface area contributed by atoms with E-state index in [-0.39, 0.29) is 21.9 Å². The first kappa shape index (κ1) is 19.8. The van der Waals surface area contributed by atoms with E-state index < -0.39 is 17.3 Å². The maximum atomic E-state index is 13.0. The Bertz CT molecular complexity index is 870. The maximum Gasteiger partial charge on any atom is 0.417 e. The van der Waals surface area contributed by atoms with Crippen molar-refractivity contribution in [3.63, 3.8) is 0 Å². The molecule has 0 saturated carbocycles. The molecule has 0 saturated heterocycles. The molecule has 2 aromatic carbocycles. The molecule has 1 atom stereocenters. The summed E-state index contributed by atoms with van der Waals surface area (Å²) in [4.78, 5) is 0. The number of nitrogens with one attached hydrogen (secondary N) is 2. The number of anilines is 1. The molecular weight excluding hydrogens is 397 g/mol. The Morgan fingerprint density at radius 1 is 1.22 bits per heavy atom. The number of alkyl halides is 3. The quantitative estimate of drug-likeness (QED) is 0.595. The highest BCUT2D eigenvalue weighted by Gasteiger charge is 2.35. The topological polar surface area (TPSA) is 33.3 Å². The van der Waals surface area contributed by atoms with Crippen LogP contribution >= 0.6 is 23.8 Å². The van der Waals surface area contributed by atoms with Gasteiger partial charge in [0.15, 0.2) is 5.11 Å². The van der Waals surface area contributed by atoms with E-state index in [1.807, 2.05) is 38.1 Å². The van der Waals surface area contributed by atoms with Crippen LogP contribution in [0, 0.1) is 0 Å². The van der Waals surface area contributed by atoms with Gasteiger partial charge in [-0.3, -0.25) is 0 Å². The largest absolute Gasteiger partial charge is 0.487 e. The van der Waals surface area contributed by atoms with Gasteiger partial charge in [0.1, 0.15) is 11.4 Å². The first-order valence-corrected chi connectivity index (χ1v) is 9.06. The van der Waals surface area contributed by atoms with Crippen LogP contribution < -0.4 is 15.4 Å². The molecule has 0 aromatic heterocycles. The third-order valence-electron chi connectivity index (χ3n) is 4.21. The van der Waals surface area contributed by atoms with Crippen molar-refractivity contribution in [3.8, 4) is 5.75 Å². The molecule has 0 spiro atoms. The minimum atomic E-state index is -4.53. The molecule has 2 aromatic rings. The van der Waals surface area contributed by atoms with E-state index in [0.717, 1.165) is 17.4 Å². The lowest BCUT2D eigenvalue weighted by Gasteiger charge is -2.38. The molecule has 1 aliphatic rings. The summed E-state index contributed by atoms with van der Waals surface area (Å²) < 4.78 is 45.0. The summed E-state index contributed by atoms with van der Waals surface area (Å²) in [5.74, 6) is 0.764. The lowest BCUT2D eigenvalue weighted by atomic mass is 9.90. The molecular formula is C19H18ClF3N2OS. The molecule has 2 N–H and O–H groups in total. The summed E-state index contributed by atoms with van der Waals surface area (Å²) in [7, 11) is 0. The van der Waals surface area contributed by atoms with Crippen LogP contribution in [-0.2, 0) is 6.18 Å². The summed E-state index contributed by atoms with van der Waals surface area (Å²) in [5, 5.41) is 5.86. The Hall–Kier alpha value is -1.99. The molecule has 144 valence electrons.